The first-order chi connectivity index (χ1) is 21.4. The zero-order chi connectivity index (χ0) is 31.6. The van der Waals surface area contributed by atoms with Crippen LogP contribution in [-0.4, -0.2) is 63.9 Å². The van der Waals surface area contributed by atoms with E-state index >= 15 is 0 Å². The van der Waals surface area contributed by atoms with Gasteiger partial charge in [0.25, 0.3) is 0 Å². The van der Waals surface area contributed by atoms with E-state index in [1.54, 1.807) is 36.4 Å². The molecule has 1 heterocycles. The Morgan fingerprint density at radius 1 is 0.614 bits per heavy atom. The van der Waals surface area contributed by atoms with Gasteiger partial charge in [-0.1, -0.05) is 37.4 Å². The van der Waals surface area contributed by atoms with E-state index in [0.29, 0.717) is 50.4 Å². The molecule has 1 fully saturated rings. The zero-order valence-corrected chi connectivity index (χ0v) is 24.3. The number of benzene rings is 2. The highest BCUT2D eigenvalue weighted by Gasteiger charge is 2.25. The Morgan fingerprint density at radius 2 is 1.00 bits per heavy atom. The minimum atomic E-state index is -0.831. The average Bonchev–Trinajstić information content (AvgIpc) is 3.04. The monoisotopic (exact) mass is 612 g/mol. The van der Waals surface area contributed by atoms with E-state index in [4.69, 9.17) is 37.9 Å². The molecule has 12 nitrogen and oxygen atoms in total. The zero-order valence-electron chi connectivity index (χ0n) is 24.3. The summed E-state index contributed by atoms with van der Waals surface area (Å²) < 4.78 is 42.0. The summed E-state index contributed by atoms with van der Waals surface area (Å²) in [7, 11) is 0. The number of hydrogen-bond acceptors (Lipinski definition) is 12. The van der Waals surface area contributed by atoms with Crippen molar-refractivity contribution in [1.29, 1.82) is 0 Å². The highest BCUT2D eigenvalue weighted by atomic mass is 16.7. The molecule has 1 aliphatic rings. The van der Waals surface area contributed by atoms with Crippen molar-refractivity contribution in [2.45, 2.75) is 37.9 Å². The predicted octanol–water partition coefficient (Wildman–Crippen LogP) is 5.57. The number of ether oxygens (including phenoxy) is 8. The van der Waals surface area contributed by atoms with Gasteiger partial charge in [-0.3, -0.25) is 0 Å². The lowest BCUT2D eigenvalue weighted by Gasteiger charge is -2.30. The quantitative estimate of drug-likeness (QED) is 0.0769. The molecule has 0 radical (unpaired) electrons. The molecule has 2 aromatic carbocycles. The molecule has 0 atom stereocenters. The van der Waals surface area contributed by atoms with E-state index in [1.165, 1.54) is 0 Å². The van der Waals surface area contributed by atoms with Gasteiger partial charge in [0.15, 0.2) is 6.29 Å². The van der Waals surface area contributed by atoms with Gasteiger partial charge in [-0.15, -0.1) is 0 Å². The molecule has 12 heteroatoms. The molecule has 236 valence electrons. The van der Waals surface area contributed by atoms with Crippen LogP contribution >= 0.6 is 0 Å². The molecule has 2 aromatic rings. The summed E-state index contributed by atoms with van der Waals surface area (Å²) in [6.07, 6.45) is 2.08. The third-order valence-corrected chi connectivity index (χ3v) is 6.14. The van der Waals surface area contributed by atoms with Crippen LogP contribution in [0.5, 0.6) is 11.5 Å². The first-order valence-electron chi connectivity index (χ1n) is 14.1. The molecular weight excluding hydrogens is 576 g/mol. The Labute approximate surface area is 255 Å². The molecule has 0 unspecified atom stereocenters. The fraction of sp³-hybridized carbons (Fsp3) is 0.375. The predicted molar refractivity (Wildman–Crippen MR) is 155 cm³/mol. The van der Waals surface area contributed by atoms with E-state index < -0.39 is 30.5 Å². The fourth-order valence-corrected chi connectivity index (χ4v) is 3.82. The molecule has 1 saturated heterocycles. The molecule has 0 aromatic heterocycles. The lowest BCUT2D eigenvalue weighted by atomic mass is 10.00. The van der Waals surface area contributed by atoms with Crippen LogP contribution in [-0.2, 0) is 38.0 Å². The van der Waals surface area contributed by atoms with Gasteiger partial charge in [0.05, 0.1) is 39.6 Å². The molecule has 0 amide bonds. The number of unbranched alkanes of at least 4 members (excludes halogenated alkanes) is 2. The van der Waals surface area contributed by atoms with Crippen LogP contribution < -0.4 is 9.47 Å². The van der Waals surface area contributed by atoms with Crippen LogP contribution in [0.1, 0.15) is 49.0 Å². The van der Waals surface area contributed by atoms with Crippen molar-refractivity contribution in [1.82, 2.24) is 0 Å². The van der Waals surface area contributed by atoms with Gasteiger partial charge in [-0.25, -0.2) is 19.2 Å². The molecule has 0 saturated carbocycles. The minimum absolute atomic E-state index is 0.0196. The number of esters is 2. The highest BCUT2D eigenvalue weighted by molar-refractivity contribution is 5.81. The van der Waals surface area contributed by atoms with Crippen LogP contribution in [0.25, 0.3) is 0 Å². The van der Waals surface area contributed by atoms with Crippen molar-refractivity contribution >= 4 is 24.2 Å². The summed E-state index contributed by atoms with van der Waals surface area (Å²) in [5.41, 5.74) is 1.72. The number of carbonyl (C=O) groups excluding carboxylic acids is 4. The second-order valence-corrected chi connectivity index (χ2v) is 9.39. The third-order valence-electron chi connectivity index (χ3n) is 6.14. The van der Waals surface area contributed by atoms with Crippen molar-refractivity contribution in [3.8, 4) is 11.5 Å². The smallest absolute Gasteiger partial charge is 0.463 e. The molecule has 0 aliphatic carbocycles. The van der Waals surface area contributed by atoms with Gasteiger partial charge in [-0.2, -0.15) is 0 Å². The van der Waals surface area contributed by atoms with Gasteiger partial charge >= 0.3 is 24.2 Å². The Kier molecular flexibility index (Phi) is 14.4. The molecule has 0 spiro atoms. The Morgan fingerprint density at radius 3 is 1.41 bits per heavy atom. The van der Waals surface area contributed by atoms with Crippen LogP contribution in [0.2, 0.25) is 0 Å². The SMILES string of the molecule is C=CC(=O)OCCCCOC(=O)Oc1ccc(C2COC(c3ccc(OC(=O)OCCCCOC(=O)C=C)cc3)OC2)cc1. The van der Waals surface area contributed by atoms with Crippen molar-refractivity contribution in [2.75, 3.05) is 39.6 Å². The molecule has 44 heavy (non-hydrogen) atoms. The highest BCUT2D eigenvalue weighted by Crippen LogP contribution is 2.31. The van der Waals surface area contributed by atoms with E-state index in [9.17, 15) is 19.2 Å². The minimum Gasteiger partial charge on any atom is -0.463 e. The molecule has 0 bridgehead atoms. The Bertz CT molecular complexity index is 1130. The normalized spacial score (nSPS) is 15.7. The fourth-order valence-electron chi connectivity index (χ4n) is 3.82. The average molecular weight is 613 g/mol. The van der Waals surface area contributed by atoms with Crippen LogP contribution in [0.3, 0.4) is 0 Å². The summed E-state index contributed by atoms with van der Waals surface area (Å²) in [6, 6.07) is 13.7. The van der Waals surface area contributed by atoms with Gasteiger partial charge in [0, 0.05) is 23.6 Å². The van der Waals surface area contributed by atoms with Gasteiger partial charge in [-0.05, 0) is 55.5 Å². The summed E-state index contributed by atoms with van der Waals surface area (Å²) in [6.45, 7) is 8.16. The summed E-state index contributed by atoms with van der Waals surface area (Å²) in [5, 5.41) is 0. The molecular formula is C32H36O12. The largest absolute Gasteiger partial charge is 0.513 e. The molecule has 0 N–H and O–H groups in total. The summed E-state index contributed by atoms with van der Waals surface area (Å²) in [5.74, 6) is -0.353. The van der Waals surface area contributed by atoms with E-state index in [0.717, 1.165) is 23.3 Å². The number of carbonyl (C=O) groups is 4. The number of hydrogen-bond donors (Lipinski definition) is 0. The van der Waals surface area contributed by atoms with Crippen molar-refractivity contribution in [3.63, 3.8) is 0 Å². The molecule has 3 rings (SSSR count). The summed E-state index contributed by atoms with van der Waals surface area (Å²) in [4.78, 5) is 45.7. The first-order valence-corrected chi connectivity index (χ1v) is 14.1. The van der Waals surface area contributed by atoms with Crippen LogP contribution in [0, 0.1) is 0 Å². The van der Waals surface area contributed by atoms with Crippen molar-refractivity contribution in [2.24, 2.45) is 0 Å². The van der Waals surface area contributed by atoms with E-state index in [-0.39, 0.29) is 32.3 Å². The lowest BCUT2D eigenvalue weighted by Crippen LogP contribution is -2.25. The van der Waals surface area contributed by atoms with E-state index in [1.807, 2.05) is 12.1 Å². The number of rotatable bonds is 16. The second kappa shape index (κ2) is 18.8. The van der Waals surface area contributed by atoms with Crippen LogP contribution in [0.4, 0.5) is 9.59 Å². The topological polar surface area (TPSA) is 142 Å². The van der Waals surface area contributed by atoms with E-state index in [2.05, 4.69) is 13.2 Å². The third kappa shape index (κ3) is 12.3. The maximum atomic E-state index is 11.9. The van der Waals surface area contributed by atoms with Gasteiger partial charge < -0.3 is 37.9 Å². The van der Waals surface area contributed by atoms with Gasteiger partial charge in [0.1, 0.15) is 11.5 Å². The van der Waals surface area contributed by atoms with Crippen LogP contribution in [0.15, 0.2) is 73.8 Å². The van der Waals surface area contributed by atoms with Gasteiger partial charge in [0.2, 0.25) is 0 Å². The second-order valence-electron chi connectivity index (χ2n) is 9.39. The Balaban J connectivity index is 1.32. The summed E-state index contributed by atoms with van der Waals surface area (Å²) >= 11 is 0. The lowest BCUT2D eigenvalue weighted by molar-refractivity contribution is -0.191. The molecule has 1 aliphatic heterocycles. The van der Waals surface area contributed by atoms with Crippen molar-refractivity contribution in [3.05, 3.63) is 85.0 Å². The maximum Gasteiger partial charge on any atom is 0.513 e. The standard InChI is InChI=1S/C32H36O12/c1-3-28(33)37-17-5-7-19-39-31(35)43-26-13-9-23(10-14-26)25-21-41-30(42-22-25)24-11-15-27(16-12-24)44-32(36)40-20-8-6-18-38-29(34)4-2/h3-4,9-16,25,30H,1-2,5-8,17-22H2. The first kappa shape index (κ1) is 33.8. The van der Waals surface area contributed by atoms with Crippen molar-refractivity contribution < 1.29 is 57.1 Å². The maximum absolute atomic E-state index is 11.9. The Hall–Kier alpha value is -4.68.